The molecule has 160 valence electrons. The Morgan fingerprint density at radius 1 is 1.26 bits per heavy atom. The number of aliphatic carboxylic acids is 1. The van der Waals surface area contributed by atoms with Crippen molar-refractivity contribution >= 4 is 22.6 Å². The molecule has 6 rings (SSSR count). The summed E-state index contributed by atoms with van der Waals surface area (Å²) in [6, 6.07) is 4.71. The summed E-state index contributed by atoms with van der Waals surface area (Å²) in [4.78, 5) is 34.2. The van der Waals surface area contributed by atoms with Crippen LogP contribution in [0.5, 0.6) is 0 Å². The number of carbonyl (C=O) groups is 1. The van der Waals surface area contributed by atoms with Gasteiger partial charge in [-0.1, -0.05) is 12.1 Å². The van der Waals surface area contributed by atoms with E-state index in [4.69, 9.17) is 0 Å². The van der Waals surface area contributed by atoms with Crippen LogP contribution in [0.1, 0.15) is 31.4 Å². The molecule has 2 unspecified atom stereocenters. The molecule has 3 fully saturated rings. The third-order valence-electron chi connectivity index (χ3n) is 7.05. The first kappa shape index (κ1) is 19.6. The number of aromatic amines is 1. The molecule has 0 amide bonds. The third kappa shape index (κ3) is 3.24. The van der Waals surface area contributed by atoms with Crippen LogP contribution in [0.2, 0.25) is 0 Å². The van der Waals surface area contributed by atoms with Gasteiger partial charge in [0.2, 0.25) is 0 Å². The van der Waals surface area contributed by atoms with E-state index in [0.717, 1.165) is 31.9 Å². The van der Waals surface area contributed by atoms with Gasteiger partial charge in [-0.15, -0.1) is 0 Å². The highest BCUT2D eigenvalue weighted by molar-refractivity contribution is 5.98. The second-order valence-corrected chi connectivity index (χ2v) is 8.55. The lowest BCUT2D eigenvalue weighted by molar-refractivity contribution is -0.383. The topological polar surface area (TPSA) is 122 Å². The van der Waals surface area contributed by atoms with Crippen molar-refractivity contribution in [3.8, 4) is 11.4 Å². The largest absolute Gasteiger partial charge is 0.481 e. The fourth-order valence-corrected chi connectivity index (χ4v) is 5.63. The van der Waals surface area contributed by atoms with E-state index in [-0.39, 0.29) is 41.4 Å². The standard InChI is InChI=1S/C22H21FN4O4/c23-16-10-25-21(15-9-24-20-13(15)2-1-3-18(20)27(30)31)26-17(16)8-14-11-4-6-12(7-5-11)19(14)22(28)29/h1-3,9-12,14,19,24H,4-8H2,(H,28,29). The van der Waals surface area contributed by atoms with Crippen LogP contribution < -0.4 is 0 Å². The van der Waals surface area contributed by atoms with Crippen molar-refractivity contribution < 1.29 is 19.2 Å². The summed E-state index contributed by atoms with van der Waals surface area (Å²) in [6.07, 6.45) is 6.73. The Bertz CT molecular complexity index is 1190. The van der Waals surface area contributed by atoms with Crippen LogP contribution in [0.3, 0.4) is 0 Å². The van der Waals surface area contributed by atoms with Crippen molar-refractivity contribution in [2.24, 2.45) is 23.7 Å². The van der Waals surface area contributed by atoms with E-state index >= 15 is 0 Å². The molecule has 2 aromatic heterocycles. The third-order valence-corrected chi connectivity index (χ3v) is 7.05. The van der Waals surface area contributed by atoms with Crippen LogP contribution in [0.15, 0.2) is 30.6 Å². The van der Waals surface area contributed by atoms with Crippen LogP contribution >= 0.6 is 0 Å². The first-order chi connectivity index (χ1) is 14.9. The molecule has 0 aliphatic heterocycles. The highest BCUT2D eigenvalue weighted by Crippen LogP contribution is 2.50. The van der Waals surface area contributed by atoms with Crippen LogP contribution in [0.25, 0.3) is 22.3 Å². The Kier molecular flexibility index (Phi) is 4.68. The molecule has 2 bridgehead atoms. The van der Waals surface area contributed by atoms with Crippen molar-refractivity contribution in [2.75, 3.05) is 0 Å². The SMILES string of the molecule is O=C(O)C1C2CCC(CC2)C1Cc1nc(-c2c[nH]c3c([N+](=O)[O-])cccc23)ncc1F. The molecule has 3 saturated carbocycles. The highest BCUT2D eigenvalue weighted by atomic mass is 19.1. The van der Waals surface area contributed by atoms with Gasteiger partial charge in [-0.25, -0.2) is 14.4 Å². The van der Waals surface area contributed by atoms with Gasteiger partial charge in [-0.3, -0.25) is 14.9 Å². The van der Waals surface area contributed by atoms with Gasteiger partial charge < -0.3 is 10.1 Å². The zero-order valence-corrected chi connectivity index (χ0v) is 16.6. The van der Waals surface area contributed by atoms with Crippen LogP contribution in [-0.4, -0.2) is 31.0 Å². The minimum Gasteiger partial charge on any atom is -0.481 e. The quantitative estimate of drug-likeness (QED) is 0.464. The number of non-ortho nitro benzene ring substituents is 1. The summed E-state index contributed by atoms with van der Waals surface area (Å²) in [5, 5.41) is 21.6. The number of para-hydroxylation sites is 1. The maximum Gasteiger partial charge on any atom is 0.307 e. The molecular weight excluding hydrogens is 403 g/mol. The molecule has 3 aliphatic carbocycles. The number of hydrogen-bond acceptors (Lipinski definition) is 5. The molecule has 31 heavy (non-hydrogen) atoms. The minimum atomic E-state index is -0.807. The predicted octanol–water partition coefficient (Wildman–Crippen LogP) is 4.35. The van der Waals surface area contributed by atoms with Crippen LogP contribution in [-0.2, 0) is 11.2 Å². The summed E-state index contributed by atoms with van der Waals surface area (Å²) >= 11 is 0. The average molecular weight is 424 g/mol. The van der Waals surface area contributed by atoms with Crippen LogP contribution in [0, 0.1) is 39.6 Å². The van der Waals surface area contributed by atoms with Gasteiger partial charge >= 0.3 is 5.97 Å². The molecule has 2 atom stereocenters. The molecule has 2 N–H and O–H groups in total. The summed E-state index contributed by atoms with van der Waals surface area (Å²) in [7, 11) is 0. The summed E-state index contributed by atoms with van der Waals surface area (Å²) in [5.74, 6) is -1.31. The van der Waals surface area contributed by atoms with Gasteiger partial charge in [-0.2, -0.15) is 0 Å². The maximum absolute atomic E-state index is 14.7. The van der Waals surface area contributed by atoms with Crippen molar-refractivity contribution in [2.45, 2.75) is 32.1 Å². The van der Waals surface area contributed by atoms with Crippen molar-refractivity contribution in [1.29, 1.82) is 0 Å². The van der Waals surface area contributed by atoms with Gasteiger partial charge in [0.1, 0.15) is 5.52 Å². The van der Waals surface area contributed by atoms with E-state index in [0.29, 0.717) is 16.5 Å². The Morgan fingerprint density at radius 2 is 2.00 bits per heavy atom. The highest BCUT2D eigenvalue weighted by Gasteiger charge is 2.47. The Hall–Kier alpha value is -3.36. The summed E-state index contributed by atoms with van der Waals surface area (Å²) in [5.41, 5.74) is 1.04. The fraction of sp³-hybridized carbons (Fsp3) is 0.409. The van der Waals surface area contributed by atoms with Crippen molar-refractivity contribution in [3.63, 3.8) is 0 Å². The summed E-state index contributed by atoms with van der Waals surface area (Å²) < 4.78 is 14.7. The average Bonchev–Trinajstić information content (AvgIpc) is 3.20. The number of nitro benzene ring substituents is 1. The second kappa shape index (κ2) is 7.40. The van der Waals surface area contributed by atoms with Gasteiger partial charge in [0.05, 0.1) is 22.7 Å². The number of nitrogens with zero attached hydrogens (tertiary/aromatic N) is 3. The molecule has 0 saturated heterocycles. The smallest absolute Gasteiger partial charge is 0.307 e. The number of nitrogens with one attached hydrogen (secondary N) is 1. The van der Waals surface area contributed by atoms with Gasteiger partial charge in [0.25, 0.3) is 5.69 Å². The zero-order chi connectivity index (χ0) is 21.7. The molecular formula is C22H21FN4O4. The lowest BCUT2D eigenvalue weighted by atomic mass is 9.57. The molecule has 3 aromatic rings. The van der Waals surface area contributed by atoms with Gasteiger partial charge in [0, 0.05) is 23.2 Å². The number of carboxylic acids is 1. The number of fused-ring (bicyclic) bond motifs is 4. The Balaban J connectivity index is 1.52. The Labute approximate surface area is 176 Å². The van der Waals surface area contributed by atoms with Crippen LogP contribution in [0.4, 0.5) is 10.1 Å². The zero-order valence-electron chi connectivity index (χ0n) is 16.6. The number of H-pyrrole nitrogens is 1. The van der Waals surface area contributed by atoms with E-state index in [9.17, 15) is 24.4 Å². The van der Waals surface area contributed by atoms with Gasteiger partial charge in [-0.05, 0) is 49.9 Å². The van der Waals surface area contributed by atoms with Crippen molar-refractivity contribution in [3.05, 3.63) is 52.2 Å². The molecule has 1 aromatic carbocycles. The predicted molar refractivity (Wildman–Crippen MR) is 110 cm³/mol. The van der Waals surface area contributed by atoms with E-state index in [1.54, 1.807) is 18.3 Å². The number of benzene rings is 1. The van der Waals surface area contributed by atoms with Crippen molar-refractivity contribution in [1.82, 2.24) is 15.0 Å². The number of hydrogen-bond donors (Lipinski definition) is 2. The number of nitro groups is 1. The molecule has 0 radical (unpaired) electrons. The van der Waals surface area contributed by atoms with E-state index in [1.807, 2.05) is 0 Å². The normalized spacial score (nSPS) is 25.1. The first-order valence-electron chi connectivity index (χ1n) is 10.4. The van der Waals surface area contributed by atoms with Gasteiger partial charge in [0.15, 0.2) is 11.6 Å². The molecule has 3 aliphatic rings. The number of aromatic nitrogens is 3. The Morgan fingerprint density at radius 3 is 2.71 bits per heavy atom. The maximum atomic E-state index is 14.7. The van der Waals surface area contributed by atoms with E-state index in [1.165, 1.54) is 6.07 Å². The molecule has 0 spiro atoms. The number of halogens is 1. The minimum absolute atomic E-state index is 0.0615. The lowest BCUT2D eigenvalue weighted by Crippen LogP contribution is -2.45. The molecule has 2 heterocycles. The molecule has 8 nitrogen and oxygen atoms in total. The summed E-state index contributed by atoms with van der Waals surface area (Å²) in [6.45, 7) is 0. The van der Waals surface area contributed by atoms with E-state index in [2.05, 4.69) is 15.0 Å². The molecule has 9 heteroatoms. The fourth-order valence-electron chi connectivity index (χ4n) is 5.63. The number of carboxylic acid groups (broad SMARTS) is 1. The second-order valence-electron chi connectivity index (χ2n) is 8.55. The van der Waals surface area contributed by atoms with E-state index < -0.39 is 22.6 Å². The lowest BCUT2D eigenvalue weighted by Gasteiger charge is -2.46. The monoisotopic (exact) mass is 424 g/mol. The number of rotatable bonds is 5. The first-order valence-corrected chi connectivity index (χ1v) is 10.4.